The molecule has 0 N–H and O–H groups in total. The zero-order valence-corrected chi connectivity index (χ0v) is 21.5. The van der Waals surface area contributed by atoms with E-state index in [0.29, 0.717) is 5.56 Å². The number of para-hydroxylation sites is 3. The van der Waals surface area contributed by atoms with Crippen LogP contribution in [0.2, 0.25) is 0 Å². The van der Waals surface area contributed by atoms with E-state index in [9.17, 15) is 5.26 Å². The Morgan fingerprint density at radius 1 is 0.525 bits per heavy atom. The van der Waals surface area contributed by atoms with Gasteiger partial charge in [-0.3, -0.25) is 4.98 Å². The lowest BCUT2D eigenvalue weighted by Crippen LogP contribution is -1.95. The molecule has 40 heavy (non-hydrogen) atoms. The standard InChI is InChI=1S/C36H22N4/c37-21-24-19-26(23-38-22-24)25-9-8-12-28(20-25)39-33-16-7-5-14-31(33)35-34(39)18-17-30-29-13-4-6-15-32(29)40(36(30)35)27-10-2-1-3-11-27/h1-20,22-23H. The Hall–Kier alpha value is -5.66. The number of hydrogen-bond donors (Lipinski definition) is 0. The molecule has 5 aromatic carbocycles. The maximum atomic E-state index is 9.40. The number of pyridine rings is 1. The highest BCUT2D eigenvalue weighted by Crippen LogP contribution is 2.42. The Labute approximate surface area is 230 Å². The first-order valence-corrected chi connectivity index (χ1v) is 13.3. The summed E-state index contributed by atoms with van der Waals surface area (Å²) < 4.78 is 4.75. The first-order valence-electron chi connectivity index (χ1n) is 13.3. The molecule has 3 heterocycles. The summed E-state index contributed by atoms with van der Waals surface area (Å²) in [7, 11) is 0. The van der Waals surface area contributed by atoms with Gasteiger partial charge in [0.25, 0.3) is 0 Å². The van der Waals surface area contributed by atoms with Crippen molar-refractivity contribution in [2.24, 2.45) is 0 Å². The van der Waals surface area contributed by atoms with Crippen LogP contribution in [0.1, 0.15) is 5.56 Å². The lowest BCUT2D eigenvalue weighted by Gasteiger charge is -2.11. The lowest BCUT2D eigenvalue weighted by atomic mass is 10.1. The summed E-state index contributed by atoms with van der Waals surface area (Å²) in [5.74, 6) is 0. The van der Waals surface area contributed by atoms with Gasteiger partial charge in [-0.1, -0.05) is 72.8 Å². The molecule has 4 nitrogen and oxygen atoms in total. The molecule has 0 aliphatic carbocycles. The molecule has 0 fully saturated rings. The molecule has 0 bridgehead atoms. The van der Waals surface area contributed by atoms with Crippen LogP contribution in [0.5, 0.6) is 0 Å². The molecule has 0 atom stereocenters. The first-order chi connectivity index (χ1) is 19.8. The van der Waals surface area contributed by atoms with Crippen molar-refractivity contribution in [1.82, 2.24) is 14.1 Å². The van der Waals surface area contributed by atoms with Gasteiger partial charge in [0.2, 0.25) is 0 Å². The van der Waals surface area contributed by atoms with Gasteiger partial charge in [0.05, 0.1) is 27.6 Å². The number of rotatable bonds is 3. The SMILES string of the molecule is N#Cc1cncc(-c2cccc(-n3c4ccccc4c4c3ccc3c5ccccc5n(-c5ccccc5)c34)c2)c1. The average Bonchev–Trinajstić information content (AvgIpc) is 3.54. The van der Waals surface area contributed by atoms with Crippen molar-refractivity contribution < 1.29 is 0 Å². The topological polar surface area (TPSA) is 46.5 Å². The Balaban J connectivity index is 1.49. The minimum absolute atomic E-state index is 0.552. The van der Waals surface area contributed by atoms with Gasteiger partial charge in [0.1, 0.15) is 6.07 Å². The van der Waals surface area contributed by atoms with Crippen molar-refractivity contribution in [3.8, 4) is 28.6 Å². The fraction of sp³-hybridized carbons (Fsp3) is 0. The van der Waals surface area contributed by atoms with Crippen LogP contribution in [0, 0.1) is 11.3 Å². The highest BCUT2D eigenvalue weighted by molar-refractivity contribution is 6.26. The van der Waals surface area contributed by atoms with Crippen molar-refractivity contribution >= 4 is 43.6 Å². The van der Waals surface area contributed by atoms with Crippen LogP contribution in [0.3, 0.4) is 0 Å². The molecule has 4 heteroatoms. The summed E-state index contributed by atoms with van der Waals surface area (Å²) in [6.45, 7) is 0. The zero-order valence-electron chi connectivity index (χ0n) is 21.5. The molecule has 186 valence electrons. The quantitative estimate of drug-likeness (QED) is 0.238. The van der Waals surface area contributed by atoms with E-state index in [-0.39, 0.29) is 0 Å². The second kappa shape index (κ2) is 8.69. The van der Waals surface area contributed by atoms with Gasteiger partial charge in [0, 0.05) is 50.9 Å². The number of aromatic nitrogens is 3. The molecule has 0 aliphatic heterocycles. The van der Waals surface area contributed by atoms with Crippen LogP contribution in [-0.4, -0.2) is 14.1 Å². The van der Waals surface area contributed by atoms with Crippen LogP contribution in [0.4, 0.5) is 0 Å². The van der Waals surface area contributed by atoms with Gasteiger partial charge in [-0.2, -0.15) is 5.26 Å². The average molecular weight is 511 g/mol. The van der Waals surface area contributed by atoms with Gasteiger partial charge in [-0.15, -0.1) is 0 Å². The van der Waals surface area contributed by atoms with Crippen LogP contribution in [0.25, 0.3) is 66.1 Å². The van der Waals surface area contributed by atoms with Crippen molar-refractivity contribution in [2.75, 3.05) is 0 Å². The minimum Gasteiger partial charge on any atom is -0.309 e. The van der Waals surface area contributed by atoms with E-state index >= 15 is 0 Å². The van der Waals surface area contributed by atoms with E-state index < -0.39 is 0 Å². The molecular weight excluding hydrogens is 488 g/mol. The highest BCUT2D eigenvalue weighted by atomic mass is 15.0. The Morgan fingerprint density at radius 3 is 2.08 bits per heavy atom. The Morgan fingerprint density at radius 2 is 1.25 bits per heavy atom. The molecular formula is C36H22N4. The molecule has 0 unspecified atom stereocenters. The van der Waals surface area contributed by atoms with E-state index in [4.69, 9.17) is 0 Å². The summed E-state index contributed by atoms with van der Waals surface area (Å²) in [6.07, 6.45) is 3.41. The van der Waals surface area contributed by atoms with Crippen molar-refractivity contribution in [2.45, 2.75) is 0 Å². The second-order valence-corrected chi connectivity index (χ2v) is 10.0. The van der Waals surface area contributed by atoms with Crippen LogP contribution in [0.15, 0.2) is 134 Å². The van der Waals surface area contributed by atoms with Gasteiger partial charge in [-0.25, -0.2) is 0 Å². The molecule has 0 amide bonds. The van der Waals surface area contributed by atoms with E-state index in [1.807, 2.05) is 12.3 Å². The summed E-state index contributed by atoms with van der Waals surface area (Å²) in [6, 6.07) is 45.0. The number of nitrogens with zero attached hydrogens (tertiary/aromatic N) is 4. The van der Waals surface area contributed by atoms with E-state index in [1.165, 1.54) is 32.6 Å². The molecule has 0 saturated heterocycles. The summed E-state index contributed by atoms with van der Waals surface area (Å²) in [5.41, 5.74) is 9.40. The predicted octanol–water partition coefficient (Wildman–Crippen LogP) is 8.81. The van der Waals surface area contributed by atoms with Crippen LogP contribution < -0.4 is 0 Å². The van der Waals surface area contributed by atoms with E-state index in [1.54, 1.807) is 6.20 Å². The largest absolute Gasteiger partial charge is 0.309 e. The van der Waals surface area contributed by atoms with Crippen molar-refractivity contribution in [3.05, 3.63) is 139 Å². The van der Waals surface area contributed by atoms with Crippen LogP contribution >= 0.6 is 0 Å². The summed E-state index contributed by atoms with van der Waals surface area (Å²) in [5, 5.41) is 14.3. The maximum absolute atomic E-state index is 9.40. The van der Waals surface area contributed by atoms with Crippen molar-refractivity contribution in [1.29, 1.82) is 5.26 Å². The Bertz CT molecular complexity index is 2280. The first kappa shape index (κ1) is 22.3. The molecule has 8 rings (SSSR count). The Kier molecular flexibility index (Phi) is 4.85. The fourth-order valence-corrected chi connectivity index (χ4v) is 6.12. The lowest BCUT2D eigenvalue weighted by molar-refractivity contribution is 1.17. The van der Waals surface area contributed by atoms with Crippen LogP contribution in [-0.2, 0) is 0 Å². The monoisotopic (exact) mass is 510 g/mol. The molecule has 0 radical (unpaired) electrons. The third kappa shape index (κ3) is 3.22. The van der Waals surface area contributed by atoms with Crippen molar-refractivity contribution in [3.63, 3.8) is 0 Å². The summed E-state index contributed by atoms with van der Waals surface area (Å²) in [4.78, 5) is 4.29. The number of fused-ring (bicyclic) bond motifs is 7. The van der Waals surface area contributed by atoms with Gasteiger partial charge < -0.3 is 9.13 Å². The molecule has 3 aromatic heterocycles. The number of benzene rings is 5. The molecule has 0 saturated carbocycles. The normalized spacial score (nSPS) is 11.5. The zero-order chi connectivity index (χ0) is 26.6. The second-order valence-electron chi connectivity index (χ2n) is 10.0. The van der Waals surface area contributed by atoms with Gasteiger partial charge in [0.15, 0.2) is 0 Å². The smallest absolute Gasteiger partial charge is 0.101 e. The molecule has 0 aliphatic rings. The number of hydrogen-bond acceptors (Lipinski definition) is 2. The number of nitriles is 1. The molecule has 8 aromatic rings. The minimum atomic E-state index is 0.552. The third-order valence-electron chi connectivity index (χ3n) is 7.79. The highest BCUT2D eigenvalue weighted by Gasteiger charge is 2.20. The third-order valence-corrected chi connectivity index (χ3v) is 7.79. The maximum Gasteiger partial charge on any atom is 0.101 e. The van der Waals surface area contributed by atoms with E-state index in [2.05, 4.69) is 135 Å². The van der Waals surface area contributed by atoms with Gasteiger partial charge in [-0.05, 0) is 54.1 Å². The summed E-state index contributed by atoms with van der Waals surface area (Å²) >= 11 is 0. The fourth-order valence-electron chi connectivity index (χ4n) is 6.12. The predicted molar refractivity (Wildman–Crippen MR) is 163 cm³/mol. The van der Waals surface area contributed by atoms with E-state index in [0.717, 1.165) is 33.5 Å². The van der Waals surface area contributed by atoms with Gasteiger partial charge >= 0.3 is 0 Å². The molecule has 0 spiro atoms.